The molecule has 0 aromatic heterocycles. The van der Waals surface area contributed by atoms with Gasteiger partial charge in [0.1, 0.15) is 11.4 Å². The highest BCUT2D eigenvalue weighted by Gasteiger charge is 2.39. The number of urea groups is 1. The van der Waals surface area contributed by atoms with Crippen molar-refractivity contribution >= 4 is 45.9 Å². The van der Waals surface area contributed by atoms with Crippen molar-refractivity contribution in [3.63, 3.8) is 0 Å². The number of imide groups is 1. The van der Waals surface area contributed by atoms with E-state index in [2.05, 4.69) is 32.0 Å². The summed E-state index contributed by atoms with van der Waals surface area (Å²) >= 11 is 3.11. The van der Waals surface area contributed by atoms with E-state index in [1.165, 1.54) is 25.2 Å². The van der Waals surface area contributed by atoms with Crippen LogP contribution in [0.15, 0.2) is 46.9 Å². The lowest BCUT2D eigenvalue weighted by atomic mass is 9.86. The predicted molar refractivity (Wildman–Crippen MR) is 123 cm³/mol. The van der Waals surface area contributed by atoms with Crippen molar-refractivity contribution in [3.8, 4) is 0 Å². The number of hydrogen-bond donors (Lipinski definition) is 4. The molecule has 2 rings (SSSR count). The average molecular weight is 523 g/mol. The zero-order chi connectivity index (χ0) is 24.6. The van der Waals surface area contributed by atoms with E-state index in [0.717, 1.165) is 6.07 Å². The Kier molecular flexibility index (Phi) is 9.06. The number of benzene rings is 2. The SMILES string of the molecule is CCC(CCc1ccccc1C(=O)O)(NC)C(=O)N(C=O)NC(=O)Nc1ccc(Br)cc1F. The maximum atomic E-state index is 14.0. The molecule has 0 aliphatic carbocycles. The van der Waals surface area contributed by atoms with Gasteiger partial charge in [-0.3, -0.25) is 9.59 Å². The fourth-order valence-corrected chi connectivity index (χ4v) is 3.68. The van der Waals surface area contributed by atoms with Crippen LogP contribution in [0, 0.1) is 5.82 Å². The summed E-state index contributed by atoms with van der Waals surface area (Å²) in [7, 11) is 1.53. The number of nitrogens with zero attached hydrogens (tertiary/aromatic N) is 1. The van der Waals surface area contributed by atoms with E-state index in [-0.39, 0.29) is 36.9 Å². The van der Waals surface area contributed by atoms with Crippen molar-refractivity contribution in [1.29, 1.82) is 0 Å². The number of amides is 4. The van der Waals surface area contributed by atoms with Crippen LogP contribution in [0.25, 0.3) is 0 Å². The first-order valence-corrected chi connectivity index (χ1v) is 10.8. The summed E-state index contributed by atoms with van der Waals surface area (Å²) in [4.78, 5) is 48.6. The summed E-state index contributed by atoms with van der Waals surface area (Å²) in [6, 6.07) is 9.41. The molecular formula is C22H24BrFN4O5. The number of rotatable bonds is 9. The van der Waals surface area contributed by atoms with Crippen LogP contribution in [0.5, 0.6) is 0 Å². The second-order valence-corrected chi connectivity index (χ2v) is 8.03. The molecule has 9 nitrogen and oxygen atoms in total. The van der Waals surface area contributed by atoms with Gasteiger partial charge in [-0.1, -0.05) is 41.1 Å². The van der Waals surface area contributed by atoms with Crippen molar-refractivity contribution < 1.29 is 28.7 Å². The molecule has 0 fully saturated rings. The van der Waals surface area contributed by atoms with Crippen LogP contribution in [0.4, 0.5) is 14.9 Å². The van der Waals surface area contributed by atoms with Gasteiger partial charge < -0.3 is 15.7 Å². The van der Waals surface area contributed by atoms with Gasteiger partial charge in [0.2, 0.25) is 6.41 Å². The van der Waals surface area contributed by atoms with Gasteiger partial charge in [0, 0.05) is 4.47 Å². The largest absolute Gasteiger partial charge is 0.478 e. The maximum absolute atomic E-state index is 14.0. The summed E-state index contributed by atoms with van der Waals surface area (Å²) in [5.41, 5.74) is 1.34. The highest BCUT2D eigenvalue weighted by Crippen LogP contribution is 2.23. The number of hydrazine groups is 1. The number of halogens is 2. The number of carboxylic acid groups (broad SMARTS) is 1. The number of anilines is 1. The van der Waals surface area contributed by atoms with E-state index in [1.807, 2.05) is 0 Å². The lowest BCUT2D eigenvalue weighted by Gasteiger charge is -2.34. The third-order valence-corrected chi connectivity index (χ3v) is 5.78. The van der Waals surface area contributed by atoms with Gasteiger partial charge >= 0.3 is 12.0 Å². The standard InChI is InChI=1S/C22H24BrFN4O5/c1-3-22(25-2,11-10-14-6-4-5-7-16(14)19(30)31)20(32)28(13-29)27-21(33)26-18-9-8-15(23)12-17(18)24/h4-9,12-13,25H,3,10-11H2,1-2H3,(H,30,31)(H2,26,27,33). The molecule has 33 heavy (non-hydrogen) atoms. The number of likely N-dealkylation sites (N-methyl/N-ethyl adjacent to an activating group) is 1. The Morgan fingerprint density at radius 2 is 1.91 bits per heavy atom. The molecule has 0 saturated heterocycles. The quantitative estimate of drug-likeness (QED) is 0.295. The fourth-order valence-electron chi connectivity index (χ4n) is 3.34. The zero-order valence-corrected chi connectivity index (χ0v) is 19.6. The Morgan fingerprint density at radius 3 is 2.48 bits per heavy atom. The van der Waals surface area contributed by atoms with Crippen molar-refractivity contribution in [1.82, 2.24) is 15.8 Å². The molecule has 0 aliphatic rings. The monoisotopic (exact) mass is 522 g/mol. The van der Waals surface area contributed by atoms with Crippen molar-refractivity contribution in [2.75, 3.05) is 12.4 Å². The molecule has 0 radical (unpaired) electrons. The molecule has 4 amide bonds. The second kappa shape index (κ2) is 11.5. The molecule has 0 spiro atoms. The van der Waals surface area contributed by atoms with E-state index in [9.17, 15) is 28.7 Å². The molecule has 2 aromatic carbocycles. The van der Waals surface area contributed by atoms with Gasteiger partial charge in [0.25, 0.3) is 5.91 Å². The van der Waals surface area contributed by atoms with Gasteiger partial charge in [-0.15, -0.1) is 0 Å². The minimum absolute atomic E-state index is 0.118. The normalized spacial score (nSPS) is 12.4. The molecule has 2 aromatic rings. The molecule has 0 bridgehead atoms. The second-order valence-electron chi connectivity index (χ2n) is 7.12. The summed E-state index contributed by atoms with van der Waals surface area (Å²) in [5.74, 6) is -2.54. The molecular weight excluding hydrogens is 499 g/mol. The molecule has 11 heteroatoms. The first-order chi connectivity index (χ1) is 15.7. The van der Waals surface area contributed by atoms with Crippen molar-refractivity contribution in [2.45, 2.75) is 31.7 Å². The molecule has 4 N–H and O–H groups in total. The Bertz CT molecular complexity index is 1050. The minimum atomic E-state index is -1.28. The van der Waals surface area contributed by atoms with Gasteiger partial charge in [0.15, 0.2) is 0 Å². The topological polar surface area (TPSA) is 128 Å². The van der Waals surface area contributed by atoms with E-state index in [4.69, 9.17) is 0 Å². The number of carbonyl (C=O) groups is 4. The predicted octanol–water partition coefficient (Wildman–Crippen LogP) is 3.31. The lowest BCUT2D eigenvalue weighted by molar-refractivity contribution is -0.146. The molecule has 176 valence electrons. The summed E-state index contributed by atoms with van der Waals surface area (Å²) in [6.45, 7) is 1.72. The number of carbonyl (C=O) groups excluding carboxylic acids is 3. The van der Waals surface area contributed by atoms with Gasteiger partial charge in [-0.05, 0) is 56.1 Å². The molecule has 1 unspecified atom stereocenters. The maximum Gasteiger partial charge on any atom is 0.338 e. The molecule has 1 atom stereocenters. The van der Waals surface area contributed by atoms with E-state index < -0.39 is 29.3 Å². The van der Waals surface area contributed by atoms with Gasteiger partial charge in [0.05, 0.1) is 11.3 Å². The van der Waals surface area contributed by atoms with Crippen LogP contribution >= 0.6 is 15.9 Å². The van der Waals surface area contributed by atoms with Crippen LogP contribution in [-0.2, 0) is 16.0 Å². The van der Waals surface area contributed by atoms with Crippen LogP contribution < -0.4 is 16.1 Å². The number of aryl methyl sites for hydroxylation is 1. The Hall–Kier alpha value is -3.31. The van der Waals surface area contributed by atoms with Crippen molar-refractivity contribution in [3.05, 3.63) is 63.9 Å². The first kappa shape index (κ1) is 25.9. The molecule has 0 saturated carbocycles. The smallest absolute Gasteiger partial charge is 0.338 e. The lowest BCUT2D eigenvalue weighted by Crippen LogP contribution is -2.61. The zero-order valence-electron chi connectivity index (χ0n) is 18.0. The Labute approximate surface area is 198 Å². The van der Waals surface area contributed by atoms with Crippen LogP contribution in [-0.4, -0.2) is 47.0 Å². The van der Waals surface area contributed by atoms with Crippen molar-refractivity contribution in [2.24, 2.45) is 0 Å². The number of aromatic carboxylic acids is 1. The first-order valence-electron chi connectivity index (χ1n) is 9.99. The minimum Gasteiger partial charge on any atom is -0.478 e. The molecule has 0 heterocycles. The van der Waals surface area contributed by atoms with Crippen LogP contribution in [0.1, 0.15) is 35.7 Å². The van der Waals surface area contributed by atoms with Crippen LogP contribution in [0.2, 0.25) is 0 Å². The Morgan fingerprint density at radius 1 is 1.21 bits per heavy atom. The third-order valence-electron chi connectivity index (χ3n) is 5.29. The average Bonchev–Trinajstić information content (AvgIpc) is 2.80. The summed E-state index contributed by atoms with van der Waals surface area (Å²) in [6.07, 6.45) is 0.767. The van der Waals surface area contributed by atoms with E-state index in [0.29, 0.717) is 15.0 Å². The highest BCUT2D eigenvalue weighted by molar-refractivity contribution is 9.10. The van der Waals surface area contributed by atoms with E-state index in [1.54, 1.807) is 25.1 Å². The van der Waals surface area contributed by atoms with Crippen LogP contribution in [0.3, 0.4) is 0 Å². The Balaban J connectivity index is 2.17. The summed E-state index contributed by atoms with van der Waals surface area (Å²) < 4.78 is 14.4. The summed E-state index contributed by atoms with van der Waals surface area (Å²) in [5, 5.41) is 15.0. The molecule has 0 aliphatic heterocycles. The van der Waals surface area contributed by atoms with Gasteiger partial charge in [-0.2, -0.15) is 5.01 Å². The van der Waals surface area contributed by atoms with Gasteiger partial charge in [-0.25, -0.2) is 19.4 Å². The number of nitrogens with one attached hydrogen (secondary N) is 3. The van der Waals surface area contributed by atoms with E-state index >= 15 is 0 Å². The number of hydrogen-bond acceptors (Lipinski definition) is 5. The third kappa shape index (κ3) is 6.36. The fraction of sp³-hybridized carbons (Fsp3) is 0.273. The highest BCUT2D eigenvalue weighted by atomic mass is 79.9. The number of carboxylic acids is 1.